The van der Waals surface area contributed by atoms with Crippen LogP contribution in [0.25, 0.3) is 0 Å². The molecule has 126 valence electrons. The number of anilines is 2. The minimum Gasteiger partial charge on any atom is -0.347 e. The van der Waals surface area contributed by atoms with Gasteiger partial charge < -0.3 is 10.6 Å². The molecular formula is C19H17FN4O. The van der Waals surface area contributed by atoms with Crippen molar-refractivity contribution in [2.24, 2.45) is 0 Å². The smallest absolute Gasteiger partial charge is 0.270 e. The van der Waals surface area contributed by atoms with Crippen LogP contribution in [0.5, 0.6) is 0 Å². The standard InChI is InChI=1S/C19H17FN4O/c1-13-2-8-16(9-3-13)23-19-21-11-10-17(24-19)18(25)22-12-14-4-6-15(20)7-5-14/h2-11H,12H2,1H3,(H,22,25)(H,21,23,24). The molecule has 25 heavy (non-hydrogen) atoms. The molecule has 0 spiro atoms. The van der Waals surface area contributed by atoms with Gasteiger partial charge in [0, 0.05) is 18.4 Å². The Balaban J connectivity index is 1.64. The number of nitrogens with zero attached hydrogens (tertiary/aromatic N) is 2. The molecule has 3 rings (SSSR count). The van der Waals surface area contributed by atoms with Gasteiger partial charge in [0.1, 0.15) is 11.5 Å². The molecule has 2 aromatic carbocycles. The van der Waals surface area contributed by atoms with Crippen molar-refractivity contribution in [1.82, 2.24) is 15.3 Å². The van der Waals surface area contributed by atoms with E-state index >= 15 is 0 Å². The lowest BCUT2D eigenvalue weighted by Gasteiger charge is -2.08. The number of hydrogen-bond acceptors (Lipinski definition) is 4. The second-order valence-electron chi connectivity index (χ2n) is 5.57. The highest BCUT2D eigenvalue weighted by Crippen LogP contribution is 2.13. The van der Waals surface area contributed by atoms with E-state index in [0.29, 0.717) is 12.5 Å². The van der Waals surface area contributed by atoms with Crippen molar-refractivity contribution in [3.8, 4) is 0 Å². The highest BCUT2D eigenvalue weighted by Gasteiger charge is 2.09. The van der Waals surface area contributed by atoms with E-state index < -0.39 is 0 Å². The Hall–Kier alpha value is -3.28. The molecule has 0 fully saturated rings. The minimum atomic E-state index is -0.321. The average molecular weight is 336 g/mol. The zero-order chi connectivity index (χ0) is 17.6. The van der Waals surface area contributed by atoms with Crippen molar-refractivity contribution in [3.05, 3.63) is 83.4 Å². The number of nitrogens with one attached hydrogen (secondary N) is 2. The molecule has 3 aromatic rings. The number of amides is 1. The van der Waals surface area contributed by atoms with Gasteiger partial charge in [0.05, 0.1) is 0 Å². The van der Waals surface area contributed by atoms with Crippen LogP contribution in [0.1, 0.15) is 21.6 Å². The number of hydrogen-bond donors (Lipinski definition) is 2. The molecule has 0 aliphatic heterocycles. The van der Waals surface area contributed by atoms with Gasteiger partial charge >= 0.3 is 0 Å². The predicted molar refractivity (Wildman–Crippen MR) is 94.1 cm³/mol. The number of carbonyl (C=O) groups is 1. The molecule has 0 aliphatic carbocycles. The first-order valence-corrected chi connectivity index (χ1v) is 7.79. The summed E-state index contributed by atoms with van der Waals surface area (Å²) < 4.78 is 12.9. The van der Waals surface area contributed by atoms with E-state index in [-0.39, 0.29) is 17.4 Å². The van der Waals surface area contributed by atoms with Crippen molar-refractivity contribution in [1.29, 1.82) is 0 Å². The third-order valence-electron chi connectivity index (χ3n) is 3.56. The van der Waals surface area contributed by atoms with Crippen LogP contribution >= 0.6 is 0 Å². The zero-order valence-corrected chi connectivity index (χ0v) is 13.7. The molecule has 0 saturated heterocycles. The van der Waals surface area contributed by atoms with Crippen molar-refractivity contribution >= 4 is 17.5 Å². The molecule has 1 heterocycles. The first-order valence-electron chi connectivity index (χ1n) is 7.79. The Kier molecular flexibility index (Phi) is 4.99. The lowest BCUT2D eigenvalue weighted by Crippen LogP contribution is -2.24. The Morgan fingerprint density at radius 3 is 2.48 bits per heavy atom. The van der Waals surface area contributed by atoms with Crippen LogP contribution in [0.4, 0.5) is 16.0 Å². The number of carbonyl (C=O) groups excluding carboxylic acids is 1. The van der Waals surface area contributed by atoms with Gasteiger partial charge in [-0.25, -0.2) is 14.4 Å². The van der Waals surface area contributed by atoms with Gasteiger partial charge in [-0.1, -0.05) is 29.8 Å². The summed E-state index contributed by atoms with van der Waals surface area (Å²) in [6, 6.07) is 15.3. The maximum atomic E-state index is 12.9. The maximum absolute atomic E-state index is 12.9. The molecule has 1 aromatic heterocycles. The molecule has 0 radical (unpaired) electrons. The van der Waals surface area contributed by atoms with Crippen molar-refractivity contribution in [2.45, 2.75) is 13.5 Å². The third kappa shape index (κ3) is 4.60. The van der Waals surface area contributed by atoms with Crippen LogP contribution in [0.3, 0.4) is 0 Å². The van der Waals surface area contributed by atoms with E-state index in [1.807, 2.05) is 31.2 Å². The molecule has 5 nitrogen and oxygen atoms in total. The molecule has 0 bridgehead atoms. The Morgan fingerprint density at radius 1 is 1.04 bits per heavy atom. The Labute approximate surface area is 145 Å². The van der Waals surface area contributed by atoms with E-state index in [1.165, 1.54) is 18.3 Å². The van der Waals surface area contributed by atoms with E-state index in [9.17, 15) is 9.18 Å². The summed E-state index contributed by atoms with van der Waals surface area (Å²) >= 11 is 0. The maximum Gasteiger partial charge on any atom is 0.270 e. The Morgan fingerprint density at radius 2 is 1.76 bits per heavy atom. The van der Waals surface area contributed by atoms with Crippen molar-refractivity contribution in [3.63, 3.8) is 0 Å². The van der Waals surface area contributed by atoms with Crippen LogP contribution < -0.4 is 10.6 Å². The van der Waals surface area contributed by atoms with Gasteiger partial charge in [0.15, 0.2) is 0 Å². The fourth-order valence-electron chi connectivity index (χ4n) is 2.19. The zero-order valence-electron chi connectivity index (χ0n) is 13.7. The van der Waals surface area contributed by atoms with Crippen LogP contribution in [0.15, 0.2) is 60.8 Å². The summed E-state index contributed by atoms with van der Waals surface area (Å²) in [6.45, 7) is 2.30. The molecule has 2 N–H and O–H groups in total. The number of aromatic nitrogens is 2. The fraction of sp³-hybridized carbons (Fsp3) is 0.105. The normalized spacial score (nSPS) is 10.3. The van der Waals surface area contributed by atoms with E-state index in [0.717, 1.165) is 16.8 Å². The molecule has 6 heteroatoms. The molecule has 1 amide bonds. The highest BCUT2D eigenvalue weighted by atomic mass is 19.1. The fourth-order valence-corrected chi connectivity index (χ4v) is 2.19. The highest BCUT2D eigenvalue weighted by molar-refractivity contribution is 5.92. The Bertz CT molecular complexity index is 863. The van der Waals surface area contributed by atoms with Crippen LogP contribution in [-0.4, -0.2) is 15.9 Å². The number of aryl methyl sites for hydroxylation is 1. The van der Waals surface area contributed by atoms with Gasteiger partial charge in [0.25, 0.3) is 5.91 Å². The van der Waals surface area contributed by atoms with Gasteiger partial charge in [-0.05, 0) is 42.8 Å². The van der Waals surface area contributed by atoms with Gasteiger partial charge in [-0.15, -0.1) is 0 Å². The summed E-state index contributed by atoms with van der Waals surface area (Å²) in [4.78, 5) is 20.6. The van der Waals surface area contributed by atoms with E-state index in [4.69, 9.17) is 0 Å². The third-order valence-corrected chi connectivity index (χ3v) is 3.56. The monoisotopic (exact) mass is 336 g/mol. The first-order chi connectivity index (χ1) is 12.1. The molecule has 0 saturated carbocycles. The van der Waals surface area contributed by atoms with Crippen LogP contribution in [0, 0.1) is 12.7 Å². The number of halogens is 1. The van der Waals surface area contributed by atoms with E-state index in [2.05, 4.69) is 20.6 Å². The first kappa shape index (κ1) is 16.6. The van der Waals surface area contributed by atoms with E-state index in [1.54, 1.807) is 18.2 Å². The van der Waals surface area contributed by atoms with Crippen LogP contribution in [-0.2, 0) is 6.54 Å². The molecular weight excluding hydrogens is 319 g/mol. The quantitative estimate of drug-likeness (QED) is 0.747. The van der Waals surface area contributed by atoms with Gasteiger partial charge in [-0.3, -0.25) is 4.79 Å². The second-order valence-corrected chi connectivity index (χ2v) is 5.57. The lowest BCUT2D eigenvalue weighted by atomic mass is 10.2. The van der Waals surface area contributed by atoms with Crippen molar-refractivity contribution in [2.75, 3.05) is 5.32 Å². The topological polar surface area (TPSA) is 66.9 Å². The largest absolute Gasteiger partial charge is 0.347 e. The SMILES string of the molecule is Cc1ccc(Nc2nccc(C(=O)NCc3ccc(F)cc3)n2)cc1. The summed E-state index contributed by atoms with van der Waals surface area (Å²) in [5.74, 6) is -0.283. The van der Waals surface area contributed by atoms with Crippen molar-refractivity contribution < 1.29 is 9.18 Å². The summed E-state index contributed by atoms with van der Waals surface area (Å²) in [5, 5.41) is 5.82. The molecule has 0 aliphatic rings. The van der Waals surface area contributed by atoms with Crippen LogP contribution in [0.2, 0.25) is 0 Å². The minimum absolute atomic E-state index is 0.256. The molecule has 0 unspecified atom stereocenters. The van der Waals surface area contributed by atoms with Gasteiger partial charge in [-0.2, -0.15) is 0 Å². The predicted octanol–water partition coefficient (Wildman–Crippen LogP) is 3.60. The summed E-state index contributed by atoms with van der Waals surface area (Å²) in [6.07, 6.45) is 1.52. The number of benzene rings is 2. The lowest BCUT2D eigenvalue weighted by molar-refractivity contribution is 0.0946. The molecule has 0 atom stereocenters. The summed E-state index contributed by atoms with van der Waals surface area (Å²) in [5.41, 5.74) is 3.06. The number of rotatable bonds is 5. The van der Waals surface area contributed by atoms with Gasteiger partial charge in [0.2, 0.25) is 5.95 Å². The summed E-state index contributed by atoms with van der Waals surface area (Å²) in [7, 11) is 0. The second kappa shape index (κ2) is 7.53. The average Bonchev–Trinajstić information content (AvgIpc) is 2.63.